The van der Waals surface area contributed by atoms with Gasteiger partial charge in [-0.2, -0.15) is 0 Å². The van der Waals surface area contributed by atoms with E-state index in [1.54, 1.807) is 0 Å². The molecule has 1 unspecified atom stereocenters. The van der Waals surface area contributed by atoms with Crippen LogP contribution in [0.3, 0.4) is 0 Å². The molecule has 1 fully saturated rings. The summed E-state index contributed by atoms with van der Waals surface area (Å²) in [5.74, 6) is 1.12. The Morgan fingerprint density at radius 1 is 1.53 bits per heavy atom. The molecule has 0 radical (unpaired) electrons. The molecule has 4 heteroatoms. The summed E-state index contributed by atoms with van der Waals surface area (Å²) in [6.45, 7) is 9.95. The number of anilines is 1. The van der Waals surface area contributed by atoms with E-state index in [2.05, 4.69) is 42.0 Å². The zero-order valence-electron chi connectivity index (χ0n) is 12.2. The van der Waals surface area contributed by atoms with E-state index in [-0.39, 0.29) is 0 Å². The first-order valence-electron chi connectivity index (χ1n) is 7.24. The Morgan fingerprint density at radius 2 is 2.37 bits per heavy atom. The van der Waals surface area contributed by atoms with Crippen LogP contribution >= 0.6 is 0 Å². The second kappa shape index (κ2) is 6.87. The summed E-state index contributed by atoms with van der Waals surface area (Å²) in [7, 11) is 0. The lowest BCUT2D eigenvalue weighted by atomic mass is 10.1. The van der Waals surface area contributed by atoms with Gasteiger partial charge in [0.15, 0.2) is 0 Å². The molecule has 0 spiro atoms. The molecule has 1 atom stereocenters. The van der Waals surface area contributed by atoms with Gasteiger partial charge in [0.2, 0.25) is 0 Å². The van der Waals surface area contributed by atoms with Crippen LogP contribution in [0.4, 0.5) is 5.82 Å². The number of nitrogens with zero attached hydrogens (tertiary/aromatic N) is 2. The highest BCUT2D eigenvalue weighted by Gasteiger charge is 2.24. The molecule has 1 aliphatic rings. The van der Waals surface area contributed by atoms with Crippen LogP contribution in [0.25, 0.3) is 0 Å². The first-order valence-corrected chi connectivity index (χ1v) is 7.24. The topological polar surface area (TPSA) is 37.4 Å². The van der Waals surface area contributed by atoms with Crippen LogP contribution in [0, 0.1) is 0 Å². The van der Waals surface area contributed by atoms with E-state index in [1.807, 2.05) is 12.3 Å². The summed E-state index contributed by atoms with van der Waals surface area (Å²) in [6.07, 6.45) is 2.98. The maximum Gasteiger partial charge on any atom is 0.133 e. The highest BCUT2D eigenvalue weighted by molar-refractivity contribution is 5.48. The van der Waals surface area contributed by atoms with E-state index in [0.29, 0.717) is 12.1 Å². The minimum absolute atomic E-state index is 0.446. The number of hydrogen-bond donors (Lipinski definition) is 1. The number of pyridine rings is 1. The molecule has 0 amide bonds. The third-order valence-corrected chi connectivity index (χ3v) is 3.54. The molecule has 0 aliphatic carbocycles. The Balaban J connectivity index is 2.17. The van der Waals surface area contributed by atoms with Gasteiger partial charge >= 0.3 is 0 Å². The molecule has 1 saturated heterocycles. The lowest BCUT2D eigenvalue weighted by molar-refractivity contribution is 0.0924. The van der Waals surface area contributed by atoms with Crippen LogP contribution in [0.15, 0.2) is 18.3 Å². The molecule has 0 aromatic carbocycles. The van der Waals surface area contributed by atoms with Crippen molar-refractivity contribution in [1.29, 1.82) is 0 Å². The van der Waals surface area contributed by atoms with Crippen LogP contribution in [0.1, 0.15) is 32.8 Å². The van der Waals surface area contributed by atoms with Crippen molar-refractivity contribution < 1.29 is 4.74 Å². The summed E-state index contributed by atoms with van der Waals surface area (Å²) in [4.78, 5) is 7.01. The zero-order chi connectivity index (χ0) is 13.7. The summed E-state index contributed by atoms with van der Waals surface area (Å²) in [5.41, 5.74) is 1.27. The fourth-order valence-electron chi connectivity index (χ4n) is 2.41. The predicted octanol–water partition coefficient (Wildman–Crippen LogP) is 2.19. The lowest BCUT2D eigenvalue weighted by Gasteiger charge is -2.37. The summed E-state index contributed by atoms with van der Waals surface area (Å²) >= 11 is 0. The molecule has 1 aromatic heterocycles. The third-order valence-electron chi connectivity index (χ3n) is 3.54. The van der Waals surface area contributed by atoms with Crippen molar-refractivity contribution in [1.82, 2.24) is 10.3 Å². The normalized spacial score (nSPS) is 20.0. The second-order valence-electron chi connectivity index (χ2n) is 5.35. The minimum Gasteiger partial charge on any atom is -0.377 e. The molecule has 1 aromatic rings. The Bertz CT molecular complexity index is 395. The van der Waals surface area contributed by atoms with E-state index in [1.165, 1.54) is 5.56 Å². The highest BCUT2D eigenvalue weighted by atomic mass is 16.5. The number of nitrogens with one attached hydrogen (secondary N) is 1. The van der Waals surface area contributed by atoms with Crippen LogP contribution in [-0.2, 0) is 11.3 Å². The van der Waals surface area contributed by atoms with Crippen molar-refractivity contribution in [3.05, 3.63) is 23.9 Å². The Labute approximate surface area is 116 Å². The van der Waals surface area contributed by atoms with Crippen molar-refractivity contribution in [3.8, 4) is 0 Å². The molecule has 106 valence electrons. The largest absolute Gasteiger partial charge is 0.377 e. The van der Waals surface area contributed by atoms with Gasteiger partial charge in [0.25, 0.3) is 0 Å². The van der Waals surface area contributed by atoms with Crippen molar-refractivity contribution in [2.75, 3.05) is 24.7 Å². The summed E-state index contributed by atoms with van der Waals surface area (Å²) < 4.78 is 5.58. The van der Waals surface area contributed by atoms with Crippen LogP contribution in [-0.4, -0.2) is 36.8 Å². The van der Waals surface area contributed by atoms with Crippen molar-refractivity contribution in [2.24, 2.45) is 0 Å². The fraction of sp³-hybridized carbons (Fsp3) is 0.667. The van der Waals surface area contributed by atoms with Gasteiger partial charge in [-0.25, -0.2) is 4.98 Å². The maximum absolute atomic E-state index is 5.58. The number of rotatable bonds is 5. The monoisotopic (exact) mass is 263 g/mol. The maximum atomic E-state index is 5.58. The first kappa shape index (κ1) is 14.3. The van der Waals surface area contributed by atoms with Gasteiger partial charge < -0.3 is 15.0 Å². The molecule has 1 N–H and O–H groups in total. The van der Waals surface area contributed by atoms with Crippen molar-refractivity contribution in [2.45, 2.75) is 45.8 Å². The molecule has 4 nitrogen and oxygen atoms in total. The van der Waals surface area contributed by atoms with Crippen LogP contribution in [0.5, 0.6) is 0 Å². The lowest BCUT2D eigenvalue weighted by Crippen LogP contribution is -2.46. The smallest absolute Gasteiger partial charge is 0.133 e. The van der Waals surface area contributed by atoms with Gasteiger partial charge in [0, 0.05) is 30.9 Å². The fourth-order valence-corrected chi connectivity index (χ4v) is 2.41. The molecule has 1 aliphatic heterocycles. The van der Waals surface area contributed by atoms with Crippen molar-refractivity contribution >= 4 is 5.82 Å². The number of aromatic nitrogens is 1. The molecule has 2 rings (SSSR count). The van der Waals surface area contributed by atoms with E-state index in [9.17, 15) is 0 Å². The predicted molar refractivity (Wildman–Crippen MR) is 78.5 cm³/mol. The SMILES string of the molecule is CCC1COCCN1c1ncccc1CNC(C)C. The van der Waals surface area contributed by atoms with Gasteiger partial charge in [-0.3, -0.25) is 0 Å². The standard InChI is InChI=1S/C15H25N3O/c1-4-14-11-19-9-8-18(14)15-13(6-5-7-16-15)10-17-12(2)3/h5-7,12,14,17H,4,8-11H2,1-3H3. The van der Waals surface area contributed by atoms with Gasteiger partial charge in [-0.05, 0) is 12.5 Å². The second-order valence-corrected chi connectivity index (χ2v) is 5.35. The Morgan fingerprint density at radius 3 is 3.11 bits per heavy atom. The first-order chi connectivity index (χ1) is 9.22. The molecule has 0 saturated carbocycles. The number of hydrogen-bond acceptors (Lipinski definition) is 4. The van der Waals surface area contributed by atoms with Gasteiger partial charge in [-0.1, -0.05) is 26.8 Å². The average Bonchev–Trinajstić information content (AvgIpc) is 2.45. The van der Waals surface area contributed by atoms with E-state index >= 15 is 0 Å². The zero-order valence-corrected chi connectivity index (χ0v) is 12.2. The Hall–Kier alpha value is -1.13. The quantitative estimate of drug-likeness (QED) is 0.883. The molecule has 0 bridgehead atoms. The number of morpholine rings is 1. The van der Waals surface area contributed by atoms with Crippen LogP contribution < -0.4 is 10.2 Å². The highest BCUT2D eigenvalue weighted by Crippen LogP contribution is 2.23. The molecular formula is C15H25N3O. The third kappa shape index (κ3) is 3.67. The number of ether oxygens (including phenoxy) is 1. The van der Waals surface area contributed by atoms with Gasteiger partial charge in [0.05, 0.1) is 19.3 Å². The molecule has 19 heavy (non-hydrogen) atoms. The minimum atomic E-state index is 0.446. The molecular weight excluding hydrogens is 238 g/mol. The molecule has 2 heterocycles. The van der Waals surface area contributed by atoms with Crippen LogP contribution in [0.2, 0.25) is 0 Å². The van der Waals surface area contributed by atoms with E-state index in [0.717, 1.165) is 38.5 Å². The summed E-state index contributed by atoms with van der Waals surface area (Å²) in [6, 6.07) is 5.11. The van der Waals surface area contributed by atoms with Crippen molar-refractivity contribution in [3.63, 3.8) is 0 Å². The van der Waals surface area contributed by atoms with E-state index in [4.69, 9.17) is 4.74 Å². The van der Waals surface area contributed by atoms with Gasteiger partial charge in [-0.15, -0.1) is 0 Å². The van der Waals surface area contributed by atoms with Gasteiger partial charge in [0.1, 0.15) is 5.82 Å². The average molecular weight is 263 g/mol. The summed E-state index contributed by atoms with van der Waals surface area (Å²) in [5, 5.41) is 3.48. The Kier molecular flexibility index (Phi) is 5.16. The van der Waals surface area contributed by atoms with E-state index < -0.39 is 0 Å².